The molecule has 0 unspecified atom stereocenters. The van der Waals surface area contributed by atoms with E-state index < -0.39 is 9.84 Å². The Bertz CT molecular complexity index is 426. The first kappa shape index (κ1) is 13.5. The van der Waals surface area contributed by atoms with E-state index in [1.54, 1.807) is 5.06 Å². The Morgan fingerprint density at radius 1 is 1.44 bits per heavy atom. The lowest BCUT2D eigenvalue weighted by Gasteiger charge is -2.25. The fourth-order valence-corrected chi connectivity index (χ4v) is 3.23. The lowest BCUT2D eigenvalue weighted by molar-refractivity contribution is -0.181. The molecule has 0 saturated carbocycles. The third-order valence-electron chi connectivity index (χ3n) is 2.94. The zero-order valence-corrected chi connectivity index (χ0v) is 11.0. The summed E-state index contributed by atoms with van der Waals surface area (Å²) >= 11 is 0. The van der Waals surface area contributed by atoms with Gasteiger partial charge in [0.25, 0.3) is 0 Å². The molecule has 0 aromatic heterocycles. The minimum Gasteiger partial charge on any atom is -0.349 e. The predicted molar refractivity (Wildman–Crippen MR) is 66.2 cm³/mol. The van der Waals surface area contributed by atoms with E-state index in [9.17, 15) is 13.2 Å². The third kappa shape index (κ3) is 4.08. The summed E-state index contributed by atoms with van der Waals surface area (Å²) in [5.74, 6) is -0.171. The van der Waals surface area contributed by atoms with Gasteiger partial charge in [0.05, 0.1) is 18.4 Å². The van der Waals surface area contributed by atoms with Gasteiger partial charge in [0, 0.05) is 24.9 Å². The molecule has 2 heterocycles. The third-order valence-corrected chi connectivity index (χ3v) is 4.34. The van der Waals surface area contributed by atoms with E-state index in [1.165, 1.54) is 6.08 Å². The minimum atomic E-state index is -3.11. The summed E-state index contributed by atoms with van der Waals surface area (Å²) in [6, 6.07) is -0.384. The number of hydrogen-bond acceptors (Lipinski definition) is 5. The van der Waals surface area contributed by atoms with E-state index >= 15 is 0 Å². The molecule has 18 heavy (non-hydrogen) atoms. The fourth-order valence-electron chi connectivity index (χ4n) is 2.00. The molecule has 1 saturated heterocycles. The van der Waals surface area contributed by atoms with Crippen LogP contribution in [0.15, 0.2) is 11.5 Å². The lowest BCUT2D eigenvalue weighted by atomic mass is 10.2. The van der Waals surface area contributed by atoms with Crippen LogP contribution in [0.3, 0.4) is 0 Å². The maximum Gasteiger partial charge on any atom is 0.221 e. The van der Waals surface area contributed by atoms with Crippen molar-refractivity contribution in [3.8, 4) is 0 Å². The molecule has 7 heteroatoms. The van der Waals surface area contributed by atoms with E-state index in [-0.39, 0.29) is 17.7 Å². The molecule has 2 rings (SSSR count). The molecule has 0 aromatic rings. The second-order valence-electron chi connectivity index (χ2n) is 4.55. The number of amides is 1. The van der Waals surface area contributed by atoms with Crippen molar-refractivity contribution >= 4 is 15.7 Å². The molecular weight excluding hydrogens is 256 g/mol. The lowest BCUT2D eigenvalue weighted by Crippen LogP contribution is -2.38. The second-order valence-corrected chi connectivity index (χ2v) is 6.48. The summed E-state index contributed by atoms with van der Waals surface area (Å²) in [6.45, 7) is 2.12. The van der Waals surface area contributed by atoms with Crippen LogP contribution in [0.4, 0.5) is 0 Å². The molecule has 0 bridgehead atoms. The number of hydroxylamine groups is 2. The van der Waals surface area contributed by atoms with Crippen LogP contribution in [0, 0.1) is 0 Å². The number of carbonyl (C=O) groups is 1. The van der Waals surface area contributed by atoms with Gasteiger partial charge in [-0.2, -0.15) is 5.06 Å². The van der Waals surface area contributed by atoms with Crippen LogP contribution in [0.2, 0.25) is 0 Å². The summed E-state index contributed by atoms with van der Waals surface area (Å²) in [7, 11) is -3.11. The van der Waals surface area contributed by atoms with Crippen LogP contribution >= 0.6 is 0 Å². The molecule has 102 valence electrons. The second kappa shape index (κ2) is 5.81. The van der Waals surface area contributed by atoms with E-state index in [1.807, 2.05) is 0 Å². The molecule has 6 nitrogen and oxygen atoms in total. The Morgan fingerprint density at radius 2 is 2.28 bits per heavy atom. The van der Waals surface area contributed by atoms with Crippen molar-refractivity contribution in [1.29, 1.82) is 0 Å². The van der Waals surface area contributed by atoms with Crippen LogP contribution in [-0.4, -0.2) is 50.9 Å². The van der Waals surface area contributed by atoms with E-state index in [4.69, 9.17) is 4.84 Å². The van der Waals surface area contributed by atoms with Gasteiger partial charge in [0.15, 0.2) is 9.84 Å². The SMILES string of the molecule is O=C(CCN1CCCCO1)N[C@H]1C=CS(=O)(=O)C1. The van der Waals surface area contributed by atoms with Crippen LogP contribution < -0.4 is 5.32 Å². The van der Waals surface area contributed by atoms with Gasteiger partial charge in [0.1, 0.15) is 0 Å². The average molecular weight is 274 g/mol. The van der Waals surface area contributed by atoms with Gasteiger partial charge < -0.3 is 5.32 Å². The van der Waals surface area contributed by atoms with E-state index in [0.29, 0.717) is 19.6 Å². The monoisotopic (exact) mass is 274 g/mol. The maximum absolute atomic E-state index is 11.6. The normalized spacial score (nSPS) is 27.2. The van der Waals surface area contributed by atoms with E-state index in [2.05, 4.69) is 5.32 Å². The van der Waals surface area contributed by atoms with Gasteiger partial charge in [-0.05, 0) is 18.9 Å². The molecule has 1 fully saturated rings. The fraction of sp³-hybridized carbons (Fsp3) is 0.727. The average Bonchev–Trinajstić information content (AvgIpc) is 2.67. The highest BCUT2D eigenvalue weighted by Gasteiger charge is 2.23. The van der Waals surface area contributed by atoms with Crippen molar-refractivity contribution in [2.75, 3.05) is 25.4 Å². The highest BCUT2D eigenvalue weighted by Crippen LogP contribution is 2.09. The first-order chi connectivity index (χ1) is 8.55. The van der Waals surface area contributed by atoms with Crippen molar-refractivity contribution in [3.63, 3.8) is 0 Å². The molecule has 1 atom stereocenters. The van der Waals surface area contributed by atoms with E-state index in [0.717, 1.165) is 24.8 Å². The summed E-state index contributed by atoms with van der Waals surface area (Å²) in [6.07, 6.45) is 3.99. The standard InChI is InChI=1S/C11H18N2O4S/c14-11(3-6-13-5-1-2-7-17-13)12-10-4-8-18(15,16)9-10/h4,8,10H,1-3,5-7,9H2,(H,12,14)/t10-/m0/s1. The number of sulfone groups is 1. The summed E-state index contributed by atoms with van der Waals surface area (Å²) < 4.78 is 22.3. The van der Waals surface area contributed by atoms with Crippen LogP contribution in [0.1, 0.15) is 19.3 Å². The zero-order chi connectivity index (χ0) is 13.0. The molecule has 0 spiro atoms. The number of rotatable bonds is 4. The Balaban J connectivity index is 1.68. The van der Waals surface area contributed by atoms with Gasteiger partial charge in [-0.1, -0.05) is 0 Å². The largest absolute Gasteiger partial charge is 0.349 e. The Morgan fingerprint density at radius 3 is 2.89 bits per heavy atom. The molecule has 2 aliphatic rings. The quantitative estimate of drug-likeness (QED) is 0.770. The predicted octanol–water partition coefficient (Wildman–Crippen LogP) is -0.169. The van der Waals surface area contributed by atoms with Crippen molar-refractivity contribution in [3.05, 3.63) is 11.5 Å². The first-order valence-electron chi connectivity index (χ1n) is 6.13. The number of nitrogens with zero attached hydrogens (tertiary/aromatic N) is 1. The number of hydrogen-bond donors (Lipinski definition) is 1. The number of carbonyl (C=O) groups excluding carboxylic acids is 1. The van der Waals surface area contributed by atoms with Gasteiger partial charge in [-0.3, -0.25) is 9.63 Å². The molecule has 0 aromatic carbocycles. The Kier molecular flexibility index (Phi) is 4.36. The Hall–Kier alpha value is -0.920. The van der Waals surface area contributed by atoms with Crippen molar-refractivity contribution in [2.45, 2.75) is 25.3 Å². The highest BCUT2D eigenvalue weighted by atomic mass is 32.2. The van der Waals surface area contributed by atoms with Gasteiger partial charge in [-0.25, -0.2) is 8.42 Å². The van der Waals surface area contributed by atoms with Crippen LogP contribution in [0.25, 0.3) is 0 Å². The zero-order valence-electron chi connectivity index (χ0n) is 10.2. The van der Waals surface area contributed by atoms with Crippen LogP contribution in [-0.2, 0) is 19.5 Å². The molecule has 2 aliphatic heterocycles. The molecule has 1 N–H and O–H groups in total. The molecule has 0 aliphatic carbocycles. The van der Waals surface area contributed by atoms with Gasteiger partial charge in [0.2, 0.25) is 5.91 Å². The van der Waals surface area contributed by atoms with Gasteiger partial charge >= 0.3 is 0 Å². The minimum absolute atomic E-state index is 0.0288. The summed E-state index contributed by atoms with van der Waals surface area (Å²) in [5.41, 5.74) is 0. The molecule has 1 amide bonds. The maximum atomic E-state index is 11.6. The topological polar surface area (TPSA) is 75.7 Å². The van der Waals surface area contributed by atoms with Crippen molar-refractivity contribution < 1.29 is 18.0 Å². The van der Waals surface area contributed by atoms with Gasteiger partial charge in [-0.15, -0.1) is 0 Å². The molecule has 0 radical (unpaired) electrons. The highest BCUT2D eigenvalue weighted by molar-refractivity contribution is 7.94. The van der Waals surface area contributed by atoms with Crippen LogP contribution in [0.5, 0.6) is 0 Å². The Labute approximate surface area is 107 Å². The van der Waals surface area contributed by atoms with Crippen molar-refractivity contribution in [1.82, 2.24) is 10.4 Å². The summed E-state index contributed by atoms with van der Waals surface area (Å²) in [5, 5.41) is 5.64. The number of nitrogens with one attached hydrogen (secondary N) is 1. The summed E-state index contributed by atoms with van der Waals surface area (Å²) in [4.78, 5) is 17.0. The first-order valence-corrected chi connectivity index (χ1v) is 7.85. The van der Waals surface area contributed by atoms with Crippen molar-refractivity contribution in [2.24, 2.45) is 0 Å². The molecular formula is C11H18N2O4S. The smallest absolute Gasteiger partial charge is 0.221 e.